The molecule has 0 saturated heterocycles. The fraction of sp³-hybridized carbons (Fsp3) is 1.00. The molecule has 0 aliphatic carbocycles. The molecule has 0 aliphatic rings. The Balaban J connectivity index is -0.0000000233. The number of hydrogen-bond donors (Lipinski definition) is 2. The van der Waals surface area contributed by atoms with Crippen LogP contribution in [0.4, 0.5) is 0 Å². The van der Waals surface area contributed by atoms with E-state index in [-0.39, 0.29) is 24.2 Å². The van der Waals surface area contributed by atoms with Gasteiger partial charge >= 0.3 is 33.3 Å². The van der Waals surface area contributed by atoms with Gasteiger partial charge in [0, 0.05) is 0 Å². The van der Waals surface area contributed by atoms with E-state index in [2.05, 4.69) is 20.2 Å². The molecular formula is C2H10Cl2CuO4. The van der Waals surface area contributed by atoms with E-state index < -0.39 is 0 Å². The number of hydrogen-bond acceptors (Lipinski definition) is 2. The van der Waals surface area contributed by atoms with Crippen molar-refractivity contribution in [1.82, 2.24) is 0 Å². The molecule has 9 heavy (non-hydrogen) atoms. The van der Waals surface area contributed by atoms with Crippen molar-refractivity contribution in [3.8, 4) is 0 Å². The average molecular weight is 233 g/mol. The molecule has 0 spiro atoms. The van der Waals surface area contributed by atoms with Crippen LogP contribution in [-0.4, -0.2) is 34.4 Å². The Morgan fingerprint density at radius 2 is 1.11 bits per heavy atom. The van der Waals surface area contributed by atoms with Gasteiger partial charge in [0.2, 0.25) is 0 Å². The molecular weight excluding hydrogens is 222 g/mol. The minimum absolute atomic E-state index is 0. The van der Waals surface area contributed by atoms with Gasteiger partial charge in [0.1, 0.15) is 0 Å². The van der Waals surface area contributed by atoms with Crippen molar-refractivity contribution in [1.29, 1.82) is 0 Å². The van der Waals surface area contributed by atoms with Gasteiger partial charge < -0.3 is 21.2 Å². The first-order chi connectivity index (χ1) is 3.33. The monoisotopic (exact) mass is 231 g/mol. The number of rotatable bonds is 1. The Kier molecular flexibility index (Phi) is 90.8. The molecule has 0 atom stereocenters. The Morgan fingerprint density at radius 1 is 1.00 bits per heavy atom. The van der Waals surface area contributed by atoms with E-state index in [4.69, 9.17) is 10.2 Å². The number of aliphatic hydroxyl groups excluding tert-OH is 2. The molecule has 0 aromatic rings. The normalized spacial score (nSPS) is 5.78. The van der Waals surface area contributed by atoms with Crippen LogP contribution in [0.25, 0.3) is 0 Å². The summed E-state index contributed by atoms with van der Waals surface area (Å²) in [6, 6.07) is 0. The molecule has 0 aromatic carbocycles. The second-order valence-electron chi connectivity index (χ2n) is 0.490. The number of halogens is 2. The fourth-order valence-electron chi connectivity index (χ4n) is 0. The van der Waals surface area contributed by atoms with E-state index in [9.17, 15) is 0 Å². The molecule has 0 heterocycles. The van der Waals surface area contributed by atoms with E-state index >= 15 is 0 Å². The van der Waals surface area contributed by atoms with Crippen LogP contribution >= 0.6 is 20.2 Å². The van der Waals surface area contributed by atoms with E-state index in [0.717, 1.165) is 13.1 Å². The van der Waals surface area contributed by atoms with Gasteiger partial charge in [0.05, 0.1) is 13.2 Å². The summed E-state index contributed by atoms with van der Waals surface area (Å²) in [5.41, 5.74) is 0. The summed E-state index contributed by atoms with van der Waals surface area (Å²) >= 11 is 0.757. The van der Waals surface area contributed by atoms with Gasteiger partial charge in [-0.3, -0.25) is 0 Å². The average Bonchev–Trinajstić information content (AvgIpc) is 1.69. The van der Waals surface area contributed by atoms with Gasteiger partial charge in [0.15, 0.2) is 0 Å². The molecule has 0 bridgehead atoms. The molecule has 0 rings (SSSR count). The Bertz CT molecular complexity index is 24.0. The minimum atomic E-state index is -0.125. The number of aliphatic hydroxyl groups is 2. The molecule has 0 aliphatic heterocycles. The van der Waals surface area contributed by atoms with E-state index in [1.54, 1.807) is 0 Å². The first-order valence-electron chi connectivity index (χ1n) is 1.36. The van der Waals surface area contributed by atoms with Crippen LogP contribution in [0.1, 0.15) is 0 Å². The van der Waals surface area contributed by atoms with Crippen LogP contribution in [-0.2, 0) is 13.1 Å². The van der Waals surface area contributed by atoms with Crippen LogP contribution < -0.4 is 0 Å². The molecule has 0 saturated carbocycles. The van der Waals surface area contributed by atoms with Crippen molar-refractivity contribution >= 4 is 20.2 Å². The van der Waals surface area contributed by atoms with Crippen molar-refractivity contribution in [3.05, 3.63) is 0 Å². The van der Waals surface area contributed by atoms with Crippen molar-refractivity contribution in [3.63, 3.8) is 0 Å². The zero-order valence-corrected chi connectivity index (χ0v) is 6.82. The van der Waals surface area contributed by atoms with Crippen LogP contribution in [0.2, 0.25) is 0 Å². The van der Waals surface area contributed by atoms with Gasteiger partial charge in [-0.25, -0.2) is 0 Å². The predicted molar refractivity (Wildman–Crippen MR) is 33.1 cm³/mol. The van der Waals surface area contributed by atoms with Crippen molar-refractivity contribution in [2.24, 2.45) is 0 Å². The van der Waals surface area contributed by atoms with Gasteiger partial charge in [-0.15, -0.1) is 0 Å². The summed E-state index contributed by atoms with van der Waals surface area (Å²) in [4.78, 5) is 0. The fourth-order valence-corrected chi connectivity index (χ4v) is 0. The zero-order valence-electron chi connectivity index (χ0n) is 4.37. The molecule has 6 N–H and O–H groups in total. The van der Waals surface area contributed by atoms with Crippen LogP contribution in [0.3, 0.4) is 0 Å². The summed E-state index contributed by atoms with van der Waals surface area (Å²) in [6.45, 7) is -0.250. The molecule has 0 fully saturated rings. The first-order valence-corrected chi connectivity index (χ1v) is 3.95. The second kappa shape index (κ2) is 36.3. The molecule has 0 radical (unpaired) electrons. The summed E-state index contributed by atoms with van der Waals surface area (Å²) in [7, 11) is 9.34. The summed E-state index contributed by atoms with van der Waals surface area (Å²) in [6.07, 6.45) is 0. The molecule has 67 valence electrons. The van der Waals surface area contributed by atoms with Gasteiger partial charge in [0.25, 0.3) is 0 Å². The Hall–Kier alpha value is 0.939. The summed E-state index contributed by atoms with van der Waals surface area (Å²) < 4.78 is 0. The molecule has 7 heteroatoms. The van der Waals surface area contributed by atoms with E-state index in [1.165, 1.54) is 0 Å². The predicted octanol–water partition coefficient (Wildman–Crippen LogP) is -1.30. The third kappa shape index (κ3) is 114. The molecule has 0 aromatic heterocycles. The zero-order chi connectivity index (χ0) is 6.12. The Morgan fingerprint density at radius 3 is 1.11 bits per heavy atom. The van der Waals surface area contributed by atoms with Gasteiger partial charge in [-0.05, 0) is 0 Å². The van der Waals surface area contributed by atoms with Gasteiger partial charge in [-0.2, -0.15) is 0 Å². The first kappa shape index (κ1) is 22.5. The maximum absolute atomic E-state index is 7.62. The molecule has 0 unspecified atom stereocenters. The SMILES string of the molecule is O.O.OCCO.[Cl][Cu][Cl]. The third-order valence-electron chi connectivity index (χ3n) is 0.1000. The second-order valence-corrected chi connectivity index (χ2v) is 2.05. The van der Waals surface area contributed by atoms with Crippen molar-refractivity contribution in [2.75, 3.05) is 13.2 Å². The van der Waals surface area contributed by atoms with Crippen molar-refractivity contribution in [2.45, 2.75) is 0 Å². The van der Waals surface area contributed by atoms with Crippen LogP contribution in [0.15, 0.2) is 0 Å². The Labute approximate surface area is 68.0 Å². The van der Waals surface area contributed by atoms with Crippen LogP contribution in [0.5, 0.6) is 0 Å². The topological polar surface area (TPSA) is 103 Å². The van der Waals surface area contributed by atoms with Gasteiger partial charge in [-0.1, -0.05) is 0 Å². The van der Waals surface area contributed by atoms with Crippen molar-refractivity contribution < 1.29 is 34.3 Å². The quantitative estimate of drug-likeness (QED) is 0.549. The third-order valence-corrected chi connectivity index (χ3v) is 0.1000. The summed E-state index contributed by atoms with van der Waals surface area (Å²) in [5, 5.41) is 15.2. The summed E-state index contributed by atoms with van der Waals surface area (Å²) in [5.74, 6) is 0. The van der Waals surface area contributed by atoms with E-state index in [0.29, 0.717) is 0 Å². The molecule has 4 nitrogen and oxygen atoms in total. The standard InChI is InChI=1S/C2H6O2.2ClH.Cu.2H2O/c3-1-2-4;;;;;/h3-4H,1-2H2;2*1H;;2*1H2/q;;;+2;;/p-2. The van der Waals surface area contributed by atoms with E-state index in [1.807, 2.05) is 0 Å². The molecule has 0 amide bonds. The maximum atomic E-state index is 7.62. The van der Waals surface area contributed by atoms with Crippen LogP contribution in [0, 0.1) is 0 Å².